The Balaban J connectivity index is 1.92. The lowest BCUT2D eigenvalue weighted by molar-refractivity contribution is -0.140. The summed E-state index contributed by atoms with van der Waals surface area (Å²) in [4.78, 5) is 43.0. The number of nitrogens with one attached hydrogen (secondary N) is 3. The molecule has 0 unspecified atom stereocenters. The molecule has 3 aromatic rings. The van der Waals surface area contributed by atoms with Gasteiger partial charge in [0.25, 0.3) is 5.56 Å². The largest absolute Gasteiger partial charge is 0.469 e. The third-order valence-electron chi connectivity index (χ3n) is 4.71. The first-order valence-corrected chi connectivity index (χ1v) is 8.32. The van der Waals surface area contributed by atoms with E-state index in [1.807, 2.05) is 6.07 Å². The number of urea groups is 1. The van der Waals surface area contributed by atoms with Crippen molar-refractivity contribution in [3.05, 3.63) is 52.2 Å². The molecule has 3 N–H and O–H groups in total. The number of anilines is 1. The zero-order valence-electron chi connectivity index (χ0n) is 14.7. The van der Waals surface area contributed by atoms with Crippen molar-refractivity contribution < 1.29 is 14.3 Å². The van der Waals surface area contributed by atoms with E-state index in [-0.39, 0.29) is 35.5 Å². The van der Waals surface area contributed by atoms with Gasteiger partial charge in [-0.3, -0.25) is 14.0 Å². The first-order valence-electron chi connectivity index (χ1n) is 8.32. The van der Waals surface area contributed by atoms with Crippen LogP contribution < -0.4 is 16.2 Å². The van der Waals surface area contributed by atoms with Crippen LogP contribution in [-0.4, -0.2) is 40.5 Å². The Bertz CT molecular complexity index is 1130. The summed E-state index contributed by atoms with van der Waals surface area (Å²) in [5.74, 6) is -0.717. The second-order valence-electron chi connectivity index (χ2n) is 6.17. The molecule has 1 atom stereocenters. The van der Waals surface area contributed by atoms with Gasteiger partial charge >= 0.3 is 12.0 Å². The molecule has 0 aliphatic heterocycles. The number of carbonyl (C=O) groups excluding carboxylic acids is 2. The summed E-state index contributed by atoms with van der Waals surface area (Å²) < 4.78 is 6.56. The molecule has 138 valence electrons. The SMILES string of the molecule is CNC(=O)Nc1ccc2c(c1)[C@H](CC(=O)OC)c1c-2[nH]c(=O)c2nccn12. The number of aromatic nitrogens is 3. The number of fused-ring (bicyclic) bond motifs is 5. The molecule has 2 amide bonds. The highest BCUT2D eigenvalue weighted by atomic mass is 16.5. The number of ether oxygens (including phenoxy) is 1. The number of H-pyrrole nitrogens is 1. The molecule has 0 bridgehead atoms. The normalized spacial score (nSPS) is 14.5. The molecule has 9 nitrogen and oxygen atoms in total. The Hall–Kier alpha value is -3.62. The number of hydrogen-bond donors (Lipinski definition) is 3. The van der Waals surface area contributed by atoms with Crippen molar-refractivity contribution >= 4 is 23.3 Å². The molecule has 1 aliphatic rings. The van der Waals surface area contributed by atoms with Gasteiger partial charge in [0.1, 0.15) is 0 Å². The zero-order chi connectivity index (χ0) is 19.1. The van der Waals surface area contributed by atoms with Crippen LogP contribution in [0.15, 0.2) is 35.4 Å². The Labute approximate surface area is 153 Å². The van der Waals surface area contributed by atoms with E-state index in [1.54, 1.807) is 28.9 Å². The van der Waals surface area contributed by atoms with Crippen LogP contribution in [0.5, 0.6) is 0 Å². The van der Waals surface area contributed by atoms with Crippen LogP contribution in [0, 0.1) is 0 Å². The van der Waals surface area contributed by atoms with E-state index in [0.717, 1.165) is 16.8 Å². The molecule has 2 heterocycles. The standard InChI is InChI=1S/C18H17N5O4/c1-19-18(26)21-9-3-4-10-11(7-9)12(8-13(24)27-2)15-14(10)22-17(25)16-20-5-6-23(15)16/h3-7,12H,8H2,1-2H3,(H,22,25)(H2,19,21,26)/t12-/m0/s1. The number of benzene rings is 1. The predicted molar refractivity (Wildman–Crippen MR) is 97.8 cm³/mol. The number of rotatable bonds is 3. The number of methoxy groups -OCH3 is 1. The van der Waals surface area contributed by atoms with Gasteiger partial charge in [-0.2, -0.15) is 0 Å². The van der Waals surface area contributed by atoms with Crippen molar-refractivity contribution in [2.75, 3.05) is 19.5 Å². The maximum absolute atomic E-state index is 12.3. The summed E-state index contributed by atoms with van der Waals surface area (Å²) in [6.45, 7) is 0. The molecule has 1 aliphatic carbocycles. The van der Waals surface area contributed by atoms with E-state index >= 15 is 0 Å². The van der Waals surface area contributed by atoms with Gasteiger partial charge in [-0.05, 0) is 17.7 Å². The van der Waals surface area contributed by atoms with Gasteiger partial charge in [0.2, 0.25) is 5.65 Å². The van der Waals surface area contributed by atoms with Gasteiger partial charge in [-0.1, -0.05) is 6.07 Å². The lowest BCUT2D eigenvalue weighted by Gasteiger charge is -2.14. The van der Waals surface area contributed by atoms with E-state index in [9.17, 15) is 14.4 Å². The van der Waals surface area contributed by atoms with Crippen molar-refractivity contribution in [3.8, 4) is 11.3 Å². The van der Waals surface area contributed by atoms with Gasteiger partial charge in [0.15, 0.2) is 0 Å². The summed E-state index contributed by atoms with van der Waals surface area (Å²) in [5.41, 5.74) is 3.56. The van der Waals surface area contributed by atoms with Crippen molar-refractivity contribution in [3.63, 3.8) is 0 Å². The smallest absolute Gasteiger partial charge is 0.318 e. The monoisotopic (exact) mass is 367 g/mol. The maximum Gasteiger partial charge on any atom is 0.318 e. The van der Waals surface area contributed by atoms with E-state index in [4.69, 9.17) is 4.74 Å². The topological polar surface area (TPSA) is 118 Å². The fourth-order valence-corrected chi connectivity index (χ4v) is 3.52. The zero-order valence-corrected chi connectivity index (χ0v) is 14.7. The summed E-state index contributed by atoms with van der Waals surface area (Å²) in [5, 5.41) is 5.22. The predicted octanol–water partition coefficient (Wildman–Crippen LogP) is 1.45. The number of aromatic amines is 1. The summed E-state index contributed by atoms with van der Waals surface area (Å²) in [6, 6.07) is 5.02. The molecule has 0 saturated carbocycles. The van der Waals surface area contributed by atoms with Gasteiger partial charge in [-0.25, -0.2) is 9.78 Å². The van der Waals surface area contributed by atoms with Gasteiger partial charge in [-0.15, -0.1) is 0 Å². The highest BCUT2D eigenvalue weighted by molar-refractivity contribution is 5.90. The average Bonchev–Trinajstić information content (AvgIpc) is 3.26. The van der Waals surface area contributed by atoms with Crippen LogP contribution in [0.1, 0.15) is 23.6 Å². The summed E-state index contributed by atoms with van der Waals surface area (Å²) >= 11 is 0. The Morgan fingerprint density at radius 1 is 1.37 bits per heavy atom. The molecule has 0 spiro atoms. The van der Waals surface area contributed by atoms with Crippen molar-refractivity contribution in [2.24, 2.45) is 0 Å². The lowest BCUT2D eigenvalue weighted by Crippen LogP contribution is -2.24. The van der Waals surface area contributed by atoms with E-state index in [1.165, 1.54) is 14.2 Å². The molecular weight excluding hydrogens is 350 g/mol. The molecule has 2 aromatic heterocycles. The van der Waals surface area contributed by atoms with Crippen LogP contribution in [0.25, 0.3) is 16.9 Å². The highest BCUT2D eigenvalue weighted by Gasteiger charge is 2.34. The van der Waals surface area contributed by atoms with Crippen LogP contribution in [0.3, 0.4) is 0 Å². The molecule has 0 fully saturated rings. The van der Waals surface area contributed by atoms with Crippen LogP contribution in [0.2, 0.25) is 0 Å². The van der Waals surface area contributed by atoms with E-state index < -0.39 is 0 Å². The fourth-order valence-electron chi connectivity index (χ4n) is 3.52. The van der Waals surface area contributed by atoms with Crippen molar-refractivity contribution in [2.45, 2.75) is 12.3 Å². The van der Waals surface area contributed by atoms with Gasteiger partial charge in [0, 0.05) is 36.6 Å². The Morgan fingerprint density at radius 2 is 2.19 bits per heavy atom. The fraction of sp³-hybridized carbons (Fsp3) is 0.222. The van der Waals surface area contributed by atoms with Crippen LogP contribution >= 0.6 is 0 Å². The quantitative estimate of drug-likeness (QED) is 0.606. The minimum absolute atomic E-state index is 0.0965. The highest BCUT2D eigenvalue weighted by Crippen LogP contribution is 2.46. The first-order chi connectivity index (χ1) is 13.0. The van der Waals surface area contributed by atoms with Crippen LogP contribution in [-0.2, 0) is 9.53 Å². The van der Waals surface area contributed by atoms with Crippen molar-refractivity contribution in [1.82, 2.24) is 19.7 Å². The third kappa shape index (κ3) is 2.64. The number of amides is 2. The molecular formula is C18H17N5O4. The Morgan fingerprint density at radius 3 is 2.93 bits per heavy atom. The average molecular weight is 367 g/mol. The number of carbonyl (C=O) groups is 2. The second kappa shape index (κ2) is 6.27. The van der Waals surface area contributed by atoms with E-state index in [2.05, 4.69) is 20.6 Å². The molecule has 4 rings (SSSR count). The van der Waals surface area contributed by atoms with Crippen LogP contribution in [0.4, 0.5) is 10.5 Å². The Kier molecular flexibility index (Phi) is 3.91. The van der Waals surface area contributed by atoms with Gasteiger partial charge < -0.3 is 20.4 Å². The number of nitrogens with zero attached hydrogens (tertiary/aromatic N) is 2. The molecule has 1 aromatic carbocycles. The van der Waals surface area contributed by atoms with E-state index in [0.29, 0.717) is 11.4 Å². The number of imidazole rings is 1. The second-order valence-corrected chi connectivity index (χ2v) is 6.17. The van der Waals surface area contributed by atoms with Gasteiger partial charge in [0.05, 0.1) is 24.9 Å². The summed E-state index contributed by atoms with van der Waals surface area (Å²) in [7, 11) is 2.86. The third-order valence-corrected chi connectivity index (χ3v) is 4.71. The lowest BCUT2D eigenvalue weighted by atomic mass is 9.96. The minimum atomic E-state index is -0.372. The maximum atomic E-state index is 12.3. The summed E-state index contributed by atoms with van der Waals surface area (Å²) in [6.07, 6.45) is 3.34. The molecule has 0 radical (unpaired) electrons. The molecule has 0 saturated heterocycles. The minimum Gasteiger partial charge on any atom is -0.469 e. The molecule has 27 heavy (non-hydrogen) atoms. The molecule has 9 heteroatoms. The van der Waals surface area contributed by atoms with Crippen molar-refractivity contribution in [1.29, 1.82) is 0 Å². The number of hydrogen-bond acceptors (Lipinski definition) is 5. The number of esters is 1. The first kappa shape index (κ1) is 16.8.